The van der Waals surface area contributed by atoms with E-state index in [1.54, 1.807) is 25.4 Å². The summed E-state index contributed by atoms with van der Waals surface area (Å²) in [6.07, 6.45) is 1.04. The van der Waals surface area contributed by atoms with Crippen molar-refractivity contribution in [3.63, 3.8) is 0 Å². The first-order valence-corrected chi connectivity index (χ1v) is 8.17. The summed E-state index contributed by atoms with van der Waals surface area (Å²) in [7, 11) is 1.62. The van der Waals surface area contributed by atoms with Crippen LogP contribution >= 0.6 is 0 Å². The Balaban J connectivity index is 0.000000194. The maximum atomic E-state index is 12.3. The Morgan fingerprint density at radius 1 is 1.22 bits per heavy atom. The van der Waals surface area contributed by atoms with Gasteiger partial charge >= 0.3 is 6.18 Å². The molecule has 3 N–H and O–H groups in total. The predicted octanol–water partition coefficient (Wildman–Crippen LogP) is 5.10. The van der Waals surface area contributed by atoms with Crippen LogP contribution in [0.5, 0.6) is 0 Å². The molecule has 0 bridgehead atoms. The lowest BCUT2D eigenvalue weighted by Gasteiger charge is -2.11. The fourth-order valence-corrected chi connectivity index (χ4v) is 2.42. The summed E-state index contributed by atoms with van der Waals surface area (Å²) in [4.78, 5) is 7.38. The number of aromatic nitrogens is 2. The molecule has 2 heterocycles. The lowest BCUT2D eigenvalue weighted by Crippen LogP contribution is -2.13. The van der Waals surface area contributed by atoms with Crippen molar-refractivity contribution in [1.29, 1.82) is 0 Å². The number of benzene rings is 1. The van der Waals surface area contributed by atoms with Crippen LogP contribution in [0.3, 0.4) is 0 Å². The Hall–Kier alpha value is -3.06. The monoisotopic (exact) mass is 374 g/mol. The minimum Gasteiger partial charge on any atom is -0.358 e. The van der Waals surface area contributed by atoms with Crippen molar-refractivity contribution in [2.24, 2.45) is 0 Å². The molecule has 0 fully saturated rings. The van der Waals surface area contributed by atoms with Gasteiger partial charge in [0.25, 0.3) is 0 Å². The van der Waals surface area contributed by atoms with Crippen molar-refractivity contribution < 1.29 is 13.2 Å². The molecule has 0 amide bonds. The summed E-state index contributed by atoms with van der Waals surface area (Å²) < 4.78 is 37.0. The highest BCUT2D eigenvalue weighted by atomic mass is 19.4. The number of rotatable bonds is 5. The standard InChI is InChI=1S/C11H11N3.C9H10F3N/c1-3-8(2)14-10-7-13-9-5-4-6-12-11(9)10;1-13-6-7-4-2-3-5-8(7)9(10,11)12/h3-7,13-14H,1-2H2;2-5,13H,6H2,1H3. The molecule has 4 nitrogen and oxygen atoms in total. The zero-order valence-electron chi connectivity index (χ0n) is 14.9. The van der Waals surface area contributed by atoms with Gasteiger partial charge in [-0.2, -0.15) is 13.2 Å². The molecule has 0 saturated carbocycles. The molecule has 0 unspecified atom stereocenters. The number of alkyl halides is 3. The molecule has 0 aliphatic carbocycles. The Morgan fingerprint density at radius 2 is 1.96 bits per heavy atom. The summed E-state index contributed by atoms with van der Waals surface area (Å²) in [6.45, 7) is 7.64. The van der Waals surface area contributed by atoms with E-state index in [0.717, 1.165) is 28.5 Å². The maximum absolute atomic E-state index is 12.3. The first-order chi connectivity index (χ1) is 12.9. The average Bonchev–Trinajstić information content (AvgIpc) is 3.05. The minimum absolute atomic E-state index is 0.232. The second-order valence-electron chi connectivity index (χ2n) is 5.64. The molecular weight excluding hydrogens is 353 g/mol. The number of anilines is 1. The number of hydrogen-bond donors (Lipinski definition) is 3. The Morgan fingerprint density at radius 3 is 2.63 bits per heavy atom. The summed E-state index contributed by atoms with van der Waals surface area (Å²) >= 11 is 0. The molecule has 0 saturated heterocycles. The van der Waals surface area contributed by atoms with E-state index >= 15 is 0 Å². The van der Waals surface area contributed by atoms with E-state index in [4.69, 9.17) is 0 Å². The third-order valence-corrected chi connectivity index (χ3v) is 3.67. The van der Waals surface area contributed by atoms with Crippen molar-refractivity contribution in [2.45, 2.75) is 12.7 Å². The number of aromatic amines is 1. The molecule has 0 aliphatic rings. The van der Waals surface area contributed by atoms with Gasteiger partial charge in [0, 0.05) is 24.6 Å². The number of allylic oxidation sites excluding steroid dienone is 1. The van der Waals surface area contributed by atoms with Gasteiger partial charge in [-0.25, -0.2) is 0 Å². The molecule has 3 rings (SSSR count). The summed E-state index contributed by atoms with van der Waals surface area (Å²) in [5.74, 6) is 0. The molecule has 0 atom stereocenters. The molecule has 142 valence electrons. The van der Waals surface area contributed by atoms with E-state index < -0.39 is 11.7 Å². The first-order valence-electron chi connectivity index (χ1n) is 8.17. The smallest absolute Gasteiger partial charge is 0.358 e. The van der Waals surface area contributed by atoms with E-state index in [2.05, 4.69) is 33.8 Å². The highest BCUT2D eigenvalue weighted by Gasteiger charge is 2.32. The van der Waals surface area contributed by atoms with Gasteiger partial charge in [-0.1, -0.05) is 31.4 Å². The van der Waals surface area contributed by atoms with Crippen LogP contribution in [0.15, 0.2) is 73.7 Å². The van der Waals surface area contributed by atoms with Crippen molar-refractivity contribution in [1.82, 2.24) is 15.3 Å². The quantitative estimate of drug-likeness (QED) is 0.545. The molecule has 7 heteroatoms. The highest BCUT2D eigenvalue weighted by molar-refractivity contribution is 5.89. The van der Waals surface area contributed by atoms with Gasteiger partial charge < -0.3 is 15.6 Å². The van der Waals surface area contributed by atoms with Gasteiger partial charge in [-0.3, -0.25) is 4.98 Å². The SMILES string of the molecule is C=CC(=C)Nc1c[nH]c2cccnc12.CNCc1ccccc1C(F)(F)F. The molecule has 0 radical (unpaired) electrons. The predicted molar refractivity (Wildman–Crippen MR) is 103 cm³/mol. The molecule has 3 aromatic rings. The summed E-state index contributed by atoms with van der Waals surface area (Å²) in [5, 5.41) is 5.80. The van der Waals surface area contributed by atoms with Crippen molar-refractivity contribution in [3.05, 3.63) is 84.8 Å². The Kier molecular flexibility index (Phi) is 6.79. The molecule has 0 aliphatic heterocycles. The fraction of sp³-hybridized carbons (Fsp3) is 0.150. The number of pyridine rings is 1. The molecular formula is C20H21F3N4. The summed E-state index contributed by atoms with van der Waals surface area (Å²) in [5.41, 5.74) is 3.31. The fourth-order valence-electron chi connectivity index (χ4n) is 2.42. The zero-order valence-corrected chi connectivity index (χ0v) is 14.9. The van der Waals surface area contributed by atoms with Gasteiger partial charge in [0.15, 0.2) is 0 Å². The van der Waals surface area contributed by atoms with Gasteiger partial charge in [0.05, 0.1) is 16.8 Å². The average molecular weight is 374 g/mol. The lowest BCUT2D eigenvalue weighted by atomic mass is 10.1. The molecule has 2 aromatic heterocycles. The third kappa shape index (κ3) is 5.46. The van der Waals surface area contributed by atoms with E-state index in [1.807, 2.05) is 18.3 Å². The highest BCUT2D eigenvalue weighted by Crippen LogP contribution is 2.31. The van der Waals surface area contributed by atoms with Crippen LogP contribution in [-0.2, 0) is 12.7 Å². The van der Waals surface area contributed by atoms with Crippen molar-refractivity contribution >= 4 is 16.7 Å². The van der Waals surface area contributed by atoms with Crippen LogP contribution in [0.25, 0.3) is 11.0 Å². The second kappa shape index (κ2) is 9.05. The second-order valence-corrected chi connectivity index (χ2v) is 5.64. The number of fused-ring (bicyclic) bond motifs is 1. The maximum Gasteiger partial charge on any atom is 0.416 e. The van der Waals surface area contributed by atoms with E-state index in [-0.39, 0.29) is 12.1 Å². The largest absolute Gasteiger partial charge is 0.416 e. The number of halogens is 3. The topological polar surface area (TPSA) is 52.7 Å². The molecule has 27 heavy (non-hydrogen) atoms. The van der Waals surface area contributed by atoms with Gasteiger partial charge in [-0.05, 0) is 36.9 Å². The van der Waals surface area contributed by atoms with Crippen LogP contribution in [-0.4, -0.2) is 17.0 Å². The number of nitrogens with one attached hydrogen (secondary N) is 3. The number of nitrogens with zero attached hydrogens (tertiary/aromatic N) is 1. The molecule has 1 aromatic carbocycles. The van der Waals surface area contributed by atoms with Crippen LogP contribution in [0.1, 0.15) is 11.1 Å². The summed E-state index contributed by atoms with van der Waals surface area (Å²) in [6, 6.07) is 9.42. The van der Waals surface area contributed by atoms with Crippen LogP contribution in [0.4, 0.5) is 18.9 Å². The van der Waals surface area contributed by atoms with E-state index in [0.29, 0.717) is 0 Å². The third-order valence-electron chi connectivity index (χ3n) is 3.67. The van der Waals surface area contributed by atoms with E-state index in [1.165, 1.54) is 12.1 Å². The lowest BCUT2D eigenvalue weighted by molar-refractivity contribution is -0.138. The minimum atomic E-state index is -4.26. The Bertz CT molecular complexity index is 913. The van der Waals surface area contributed by atoms with Gasteiger partial charge in [-0.15, -0.1) is 0 Å². The van der Waals surface area contributed by atoms with Crippen LogP contribution in [0, 0.1) is 0 Å². The number of H-pyrrole nitrogens is 1. The van der Waals surface area contributed by atoms with Crippen LogP contribution < -0.4 is 10.6 Å². The van der Waals surface area contributed by atoms with Crippen LogP contribution in [0.2, 0.25) is 0 Å². The van der Waals surface area contributed by atoms with Gasteiger partial charge in [0.2, 0.25) is 0 Å². The van der Waals surface area contributed by atoms with E-state index in [9.17, 15) is 13.2 Å². The van der Waals surface area contributed by atoms with Gasteiger partial charge in [0.1, 0.15) is 5.52 Å². The molecule has 0 spiro atoms. The first kappa shape index (κ1) is 20.3. The zero-order chi connectivity index (χ0) is 19.9. The normalized spacial score (nSPS) is 10.8. The number of hydrogen-bond acceptors (Lipinski definition) is 3. The van der Waals surface area contributed by atoms with Crippen molar-refractivity contribution in [2.75, 3.05) is 12.4 Å². The van der Waals surface area contributed by atoms with Crippen molar-refractivity contribution in [3.8, 4) is 0 Å². The Labute approximate surface area is 155 Å².